The van der Waals surface area contributed by atoms with Gasteiger partial charge in [-0.25, -0.2) is 4.79 Å². The maximum atomic E-state index is 14.3. The number of hydrogen-bond donors (Lipinski definition) is 4. The Labute approximate surface area is 292 Å². The quantitative estimate of drug-likeness (QED) is 0.123. The summed E-state index contributed by atoms with van der Waals surface area (Å²) >= 11 is 0. The van der Waals surface area contributed by atoms with Crippen molar-refractivity contribution >= 4 is 48.0 Å². The first-order valence-corrected chi connectivity index (χ1v) is 18.0. The van der Waals surface area contributed by atoms with Crippen molar-refractivity contribution in [1.29, 1.82) is 0 Å². The Morgan fingerprint density at radius 1 is 0.961 bits per heavy atom. The number of Topliss-reactive ketones (excluding diaryl/α,β-unsaturated/α-hetero) is 1. The van der Waals surface area contributed by atoms with Crippen molar-refractivity contribution in [2.45, 2.75) is 50.4 Å². The molecule has 0 bridgehead atoms. The average Bonchev–Trinajstić information content (AvgIpc) is 3.80. The number of aromatic amines is 1. The normalized spacial score (nSPS) is 15.9. The van der Waals surface area contributed by atoms with E-state index in [0.29, 0.717) is 16.6 Å². The van der Waals surface area contributed by atoms with Crippen LogP contribution < -0.4 is 20.8 Å². The van der Waals surface area contributed by atoms with Crippen molar-refractivity contribution in [3.8, 4) is 0 Å². The van der Waals surface area contributed by atoms with Crippen LogP contribution in [0.2, 0.25) is 0 Å². The summed E-state index contributed by atoms with van der Waals surface area (Å²) in [5, 5.41) is 28.7. The van der Waals surface area contributed by atoms with Crippen molar-refractivity contribution in [3.05, 3.63) is 102 Å². The standard InChI is InChI=1S/C34H36N7O9P/c1-51(48,24-13-6-3-7-14-24)50-21-29(42)26(19-31(43)44)35-32(45)28-18-23-12-8-9-15-27(23)41(28)33(46)25(16-17-30-37-39-40-38-30)36-34(47)49-20-22-10-4-2-5-11-22/h2-15,25-26,28H,16-21H2,1H3,(H,35,45)(H,36,47)(H,43,44)(H,37,38,39,40)/t25-,26-,28-,51?/m0/s1. The van der Waals surface area contributed by atoms with E-state index < -0.39 is 68.2 Å². The van der Waals surface area contributed by atoms with Crippen LogP contribution in [0.1, 0.15) is 29.8 Å². The number of fused-ring (bicyclic) bond motifs is 1. The van der Waals surface area contributed by atoms with Crippen LogP contribution in [0.4, 0.5) is 10.5 Å². The van der Waals surface area contributed by atoms with Crippen molar-refractivity contribution in [2.75, 3.05) is 18.2 Å². The van der Waals surface area contributed by atoms with E-state index in [1.54, 1.807) is 78.9 Å². The maximum Gasteiger partial charge on any atom is 0.408 e. The highest BCUT2D eigenvalue weighted by Gasteiger charge is 2.42. The molecular weight excluding hydrogens is 681 g/mol. The van der Waals surface area contributed by atoms with Crippen molar-refractivity contribution in [3.63, 3.8) is 0 Å². The minimum atomic E-state index is -3.45. The molecule has 0 fully saturated rings. The molecule has 4 aromatic rings. The van der Waals surface area contributed by atoms with Gasteiger partial charge in [-0.05, 0) is 35.7 Å². The average molecular weight is 718 g/mol. The number of rotatable bonds is 16. The summed E-state index contributed by atoms with van der Waals surface area (Å²) < 4.78 is 24.0. The molecule has 4 N–H and O–H groups in total. The number of ether oxygens (including phenoxy) is 1. The molecule has 3 aromatic carbocycles. The van der Waals surface area contributed by atoms with E-state index in [9.17, 15) is 33.6 Å². The zero-order chi connectivity index (χ0) is 36.4. The molecule has 51 heavy (non-hydrogen) atoms. The SMILES string of the molecule is CP(=O)(OCC(=O)[C@H](CC(=O)O)NC(=O)[C@@H]1Cc2ccccc2N1C(=O)[C@H](CCc1nn[nH]n1)NC(=O)OCc1ccccc1)c1ccccc1. The lowest BCUT2D eigenvalue weighted by atomic mass is 10.1. The lowest BCUT2D eigenvalue weighted by Crippen LogP contribution is -2.57. The predicted octanol–water partition coefficient (Wildman–Crippen LogP) is 2.16. The number of alkyl carbamates (subject to hydrolysis) is 1. The Morgan fingerprint density at radius 3 is 2.33 bits per heavy atom. The molecule has 2 heterocycles. The first-order valence-electron chi connectivity index (χ1n) is 15.9. The molecular formula is C34H36N7O9P. The molecule has 1 aliphatic heterocycles. The van der Waals surface area contributed by atoms with E-state index in [1.165, 1.54) is 11.6 Å². The highest BCUT2D eigenvalue weighted by molar-refractivity contribution is 7.66. The van der Waals surface area contributed by atoms with Crippen LogP contribution in [-0.4, -0.2) is 86.8 Å². The summed E-state index contributed by atoms with van der Waals surface area (Å²) in [7, 11) is -3.45. The number of benzene rings is 3. The van der Waals surface area contributed by atoms with Gasteiger partial charge < -0.3 is 25.0 Å². The van der Waals surface area contributed by atoms with E-state index >= 15 is 0 Å². The van der Waals surface area contributed by atoms with Crippen LogP contribution in [0.25, 0.3) is 0 Å². The van der Waals surface area contributed by atoms with E-state index in [-0.39, 0.29) is 31.7 Å². The van der Waals surface area contributed by atoms with E-state index in [0.717, 1.165) is 5.56 Å². The molecule has 4 atom stereocenters. The molecule has 3 amide bonds. The van der Waals surface area contributed by atoms with Gasteiger partial charge in [0.25, 0.3) is 0 Å². The fraction of sp³-hybridized carbons (Fsp3) is 0.294. The minimum absolute atomic E-state index is 0.00175. The molecule has 16 nitrogen and oxygen atoms in total. The second-order valence-corrected chi connectivity index (χ2v) is 14.2. The molecule has 266 valence electrons. The molecule has 0 saturated carbocycles. The zero-order valence-corrected chi connectivity index (χ0v) is 28.4. The number of nitrogens with zero attached hydrogens (tertiary/aromatic N) is 4. The van der Waals surface area contributed by atoms with Gasteiger partial charge in [-0.1, -0.05) is 71.9 Å². The third-order valence-electron chi connectivity index (χ3n) is 8.13. The number of aromatic nitrogens is 4. The fourth-order valence-corrected chi connectivity index (χ4v) is 6.75. The lowest BCUT2D eigenvalue weighted by molar-refractivity contribution is -0.140. The number of nitrogens with one attached hydrogen (secondary N) is 3. The molecule has 1 aromatic heterocycles. The highest BCUT2D eigenvalue weighted by atomic mass is 31.2. The molecule has 0 radical (unpaired) electrons. The Kier molecular flexibility index (Phi) is 12.0. The van der Waals surface area contributed by atoms with Crippen molar-refractivity contribution in [2.24, 2.45) is 0 Å². The number of hydrogen-bond acceptors (Lipinski definition) is 11. The first-order chi connectivity index (χ1) is 24.5. The Balaban J connectivity index is 1.34. The van der Waals surface area contributed by atoms with Crippen molar-refractivity contribution in [1.82, 2.24) is 31.3 Å². The van der Waals surface area contributed by atoms with Gasteiger partial charge in [0.15, 0.2) is 11.6 Å². The Morgan fingerprint density at radius 2 is 1.65 bits per heavy atom. The summed E-state index contributed by atoms with van der Waals surface area (Å²) in [6, 6.07) is 19.9. The van der Waals surface area contributed by atoms with E-state index in [1.807, 2.05) is 6.07 Å². The molecule has 0 aliphatic carbocycles. The van der Waals surface area contributed by atoms with Crippen LogP contribution in [0.5, 0.6) is 0 Å². The number of carboxylic acids is 1. The first kappa shape index (κ1) is 36.5. The van der Waals surface area contributed by atoms with Gasteiger partial charge in [-0.3, -0.25) is 28.6 Å². The number of para-hydroxylation sites is 1. The smallest absolute Gasteiger partial charge is 0.408 e. The minimum Gasteiger partial charge on any atom is -0.481 e. The summed E-state index contributed by atoms with van der Waals surface area (Å²) in [6.45, 7) is 0.541. The van der Waals surface area contributed by atoms with Crippen LogP contribution >= 0.6 is 7.37 Å². The molecule has 17 heteroatoms. The number of aryl methyl sites for hydroxylation is 1. The second kappa shape index (κ2) is 16.8. The number of anilines is 1. The fourth-order valence-electron chi connectivity index (χ4n) is 5.51. The summed E-state index contributed by atoms with van der Waals surface area (Å²) in [5.41, 5.74) is 1.75. The number of H-pyrrole nitrogens is 1. The number of aliphatic carboxylic acids is 1. The van der Waals surface area contributed by atoms with Gasteiger partial charge in [0, 0.05) is 30.5 Å². The number of amides is 3. The number of ketones is 1. The maximum absolute atomic E-state index is 14.3. The molecule has 0 saturated heterocycles. The third-order valence-corrected chi connectivity index (χ3v) is 9.99. The molecule has 1 aliphatic rings. The van der Waals surface area contributed by atoms with E-state index in [4.69, 9.17) is 9.26 Å². The molecule has 5 rings (SSSR count). The van der Waals surface area contributed by atoms with Gasteiger partial charge in [0.2, 0.25) is 19.2 Å². The number of carboxylic acid groups (broad SMARTS) is 1. The monoisotopic (exact) mass is 717 g/mol. The van der Waals surface area contributed by atoms with Crippen LogP contribution in [-0.2, 0) is 52.5 Å². The van der Waals surface area contributed by atoms with Gasteiger partial charge in [-0.15, -0.1) is 10.2 Å². The Bertz CT molecular complexity index is 1890. The number of carbonyl (C=O) groups is 5. The summed E-state index contributed by atoms with van der Waals surface area (Å²) in [6.07, 6.45) is -1.51. The molecule has 0 spiro atoms. The third kappa shape index (κ3) is 9.71. The van der Waals surface area contributed by atoms with Gasteiger partial charge >= 0.3 is 12.1 Å². The predicted molar refractivity (Wildman–Crippen MR) is 182 cm³/mol. The van der Waals surface area contributed by atoms with Crippen LogP contribution in [0.15, 0.2) is 84.9 Å². The summed E-state index contributed by atoms with van der Waals surface area (Å²) in [5.74, 6) is -3.40. The van der Waals surface area contributed by atoms with Gasteiger partial charge in [0.1, 0.15) is 31.3 Å². The van der Waals surface area contributed by atoms with E-state index in [2.05, 4.69) is 31.3 Å². The van der Waals surface area contributed by atoms with Crippen LogP contribution in [0, 0.1) is 0 Å². The van der Waals surface area contributed by atoms with Gasteiger partial charge in [-0.2, -0.15) is 5.21 Å². The topological polar surface area (TPSA) is 223 Å². The second-order valence-electron chi connectivity index (χ2n) is 11.8. The largest absolute Gasteiger partial charge is 0.481 e. The Hall–Kier alpha value is -5.73. The zero-order valence-electron chi connectivity index (χ0n) is 27.5. The van der Waals surface area contributed by atoms with Crippen LogP contribution in [0.3, 0.4) is 0 Å². The van der Waals surface area contributed by atoms with Gasteiger partial charge in [0.05, 0.1) is 6.42 Å². The number of carbonyl (C=O) groups excluding carboxylic acids is 4. The molecule has 1 unspecified atom stereocenters. The summed E-state index contributed by atoms with van der Waals surface area (Å²) in [4.78, 5) is 67.4. The lowest BCUT2D eigenvalue weighted by Gasteiger charge is -2.30. The van der Waals surface area contributed by atoms with Crippen molar-refractivity contribution < 1.29 is 42.9 Å². The highest BCUT2D eigenvalue weighted by Crippen LogP contribution is 2.41. The number of tetrazole rings is 1.